The minimum Gasteiger partial charge on any atom is -0.465 e. The van der Waals surface area contributed by atoms with E-state index in [0.29, 0.717) is 0 Å². The molecule has 1 fully saturated rings. The third kappa shape index (κ3) is 3.61. The molecule has 0 spiro atoms. The summed E-state index contributed by atoms with van der Waals surface area (Å²) in [5, 5.41) is 0. The Hall–Kier alpha value is -2.53. The zero-order chi connectivity index (χ0) is 17.2. The average Bonchev–Trinajstić information content (AvgIpc) is 3.24. The second-order valence-electron chi connectivity index (χ2n) is 6.74. The van der Waals surface area contributed by atoms with Crippen LogP contribution in [0.25, 0.3) is 17.2 Å². The van der Waals surface area contributed by atoms with Gasteiger partial charge in [0.25, 0.3) is 6.01 Å². The van der Waals surface area contributed by atoms with Gasteiger partial charge in [0.1, 0.15) is 11.3 Å². The van der Waals surface area contributed by atoms with Crippen LogP contribution in [0.4, 0.5) is 6.01 Å². The number of aromatic nitrogens is 1. The molecule has 25 heavy (non-hydrogen) atoms. The molecule has 4 rings (SSSR count). The zero-order valence-corrected chi connectivity index (χ0v) is 14.7. The Morgan fingerprint density at radius 1 is 1.20 bits per heavy atom. The molecule has 1 saturated heterocycles. The number of oxazole rings is 1. The fraction of sp³-hybridized carbons (Fsp3) is 0.350. The molecule has 0 amide bonds. The lowest BCUT2D eigenvalue weighted by molar-refractivity contribution is 0.273. The normalized spacial score (nSPS) is 16.7. The van der Waals surface area contributed by atoms with E-state index in [1.54, 1.807) is 6.26 Å². The standard InChI is InChI=1S/C20H23N3O2/c1-15-5-6-19-18(13-15)21-20(25-19)23-9-7-22(8-10-23)14-16(2)12-17-4-3-11-24-17/h3-6,11-13H,7-10,14H2,1-2H3/b16-12+. The number of rotatable bonds is 4. The molecule has 130 valence electrons. The summed E-state index contributed by atoms with van der Waals surface area (Å²) in [7, 11) is 0. The molecule has 0 atom stereocenters. The summed E-state index contributed by atoms with van der Waals surface area (Å²) in [5.41, 5.74) is 4.31. The van der Waals surface area contributed by atoms with Crippen molar-refractivity contribution in [3.8, 4) is 0 Å². The van der Waals surface area contributed by atoms with Crippen LogP contribution in [-0.2, 0) is 0 Å². The molecule has 0 bridgehead atoms. The van der Waals surface area contributed by atoms with Gasteiger partial charge in [-0.2, -0.15) is 4.98 Å². The van der Waals surface area contributed by atoms with Crippen LogP contribution in [0.5, 0.6) is 0 Å². The fourth-order valence-electron chi connectivity index (χ4n) is 3.27. The van der Waals surface area contributed by atoms with Gasteiger partial charge in [-0.25, -0.2) is 0 Å². The van der Waals surface area contributed by atoms with Crippen LogP contribution >= 0.6 is 0 Å². The number of nitrogens with zero attached hydrogens (tertiary/aromatic N) is 3. The van der Waals surface area contributed by atoms with Gasteiger partial charge in [-0.3, -0.25) is 4.90 Å². The Kier molecular flexibility index (Phi) is 4.32. The minimum atomic E-state index is 0.739. The Morgan fingerprint density at radius 3 is 2.80 bits per heavy atom. The number of piperazine rings is 1. The molecular formula is C20H23N3O2. The van der Waals surface area contributed by atoms with Crippen LogP contribution in [0.3, 0.4) is 0 Å². The predicted octanol–water partition coefficient (Wildman–Crippen LogP) is 3.95. The van der Waals surface area contributed by atoms with E-state index in [1.807, 2.05) is 18.2 Å². The largest absolute Gasteiger partial charge is 0.465 e. The quantitative estimate of drug-likeness (QED) is 0.721. The topological polar surface area (TPSA) is 45.7 Å². The number of benzene rings is 1. The predicted molar refractivity (Wildman–Crippen MR) is 99.8 cm³/mol. The summed E-state index contributed by atoms with van der Waals surface area (Å²) in [5.74, 6) is 0.915. The molecule has 0 radical (unpaired) electrons. The van der Waals surface area contributed by atoms with E-state index in [1.165, 1.54) is 11.1 Å². The van der Waals surface area contributed by atoms with Crippen LogP contribution in [0.2, 0.25) is 0 Å². The second-order valence-corrected chi connectivity index (χ2v) is 6.74. The number of hydrogen-bond acceptors (Lipinski definition) is 5. The van der Waals surface area contributed by atoms with Crippen LogP contribution in [0.1, 0.15) is 18.2 Å². The summed E-state index contributed by atoms with van der Waals surface area (Å²) in [6, 6.07) is 10.8. The van der Waals surface area contributed by atoms with E-state index < -0.39 is 0 Å². The molecule has 3 aromatic rings. The highest BCUT2D eigenvalue weighted by Gasteiger charge is 2.21. The lowest BCUT2D eigenvalue weighted by Gasteiger charge is -2.33. The maximum atomic E-state index is 5.92. The van der Waals surface area contributed by atoms with Crippen molar-refractivity contribution in [2.45, 2.75) is 13.8 Å². The van der Waals surface area contributed by atoms with Crippen LogP contribution in [0.15, 0.2) is 51.0 Å². The van der Waals surface area contributed by atoms with Gasteiger partial charge in [0.2, 0.25) is 0 Å². The third-order valence-electron chi connectivity index (χ3n) is 4.58. The van der Waals surface area contributed by atoms with Crippen molar-refractivity contribution in [3.05, 3.63) is 53.5 Å². The SMILES string of the molecule is C/C(=C\c1ccco1)CN1CCN(c2nc3cc(C)ccc3o2)CC1. The molecule has 0 aliphatic carbocycles. The molecule has 3 heterocycles. The van der Waals surface area contributed by atoms with E-state index >= 15 is 0 Å². The van der Waals surface area contributed by atoms with Gasteiger partial charge in [-0.1, -0.05) is 11.6 Å². The lowest BCUT2D eigenvalue weighted by atomic mass is 10.2. The Balaban J connectivity index is 1.37. The molecule has 0 saturated carbocycles. The highest BCUT2D eigenvalue weighted by molar-refractivity contribution is 5.75. The fourth-order valence-corrected chi connectivity index (χ4v) is 3.27. The van der Waals surface area contributed by atoms with Gasteiger partial charge in [0, 0.05) is 32.7 Å². The first kappa shape index (κ1) is 16.0. The molecular weight excluding hydrogens is 314 g/mol. The average molecular weight is 337 g/mol. The number of anilines is 1. The number of fused-ring (bicyclic) bond motifs is 1. The maximum absolute atomic E-state index is 5.92. The minimum absolute atomic E-state index is 0.739. The van der Waals surface area contributed by atoms with Crippen molar-refractivity contribution in [1.82, 2.24) is 9.88 Å². The summed E-state index contributed by atoms with van der Waals surface area (Å²) in [6.45, 7) is 9.05. The molecule has 0 unspecified atom stereocenters. The van der Waals surface area contributed by atoms with Crippen LogP contribution in [0, 0.1) is 6.92 Å². The summed E-state index contributed by atoms with van der Waals surface area (Å²) >= 11 is 0. The van der Waals surface area contributed by atoms with Gasteiger partial charge in [0.05, 0.1) is 6.26 Å². The highest BCUT2D eigenvalue weighted by atomic mass is 16.4. The smallest absolute Gasteiger partial charge is 0.298 e. The second kappa shape index (κ2) is 6.76. The van der Waals surface area contributed by atoms with Crippen molar-refractivity contribution in [1.29, 1.82) is 0 Å². The monoisotopic (exact) mass is 337 g/mol. The van der Waals surface area contributed by atoms with Crippen molar-refractivity contribution >= 4 is 23.2 Å². The van der Waals surface area contributed by atoms with E-state index in [0.717, 1.165) is 55.6 Å². The van der Waals surface area contributed by atoms with E-state index in [4.69, 9.17) is 8.83 Å². The molecule has 5 heteroatoms. The molecule has 1 aliphatic rings. The summed E-state index contributed by atoms with van der Waals surface area (Å²) < 4.78 is 11.3. The Labute approximate surface area is 147 Å². The Bertz CT molecular complexity index is 872. The van der Waals surface area contributed by atoms with Crippen molar-refractivity contribution in [2.24, 2.45) is 0 Å². The number of furan rings is 1. The van der Waals surface area contributed by atoms with Gasteiger partial charge < -0.3 is 13.7 Å². The van der Waals surface area contributed by atoms with Crippen LogP contribution in [-0.4, -0.2) is 42.6 Å². The van der Waals surface area contributed by atoms with Gasteiger partial charge >= 0.3 is 0 Å². The third-order valence-corrected chi connectivity index (χ3v) is 4.58. The lowest BCUT2D eigenvalue weighted by Crippen LogP contribution is -2.46. The molecule has 5 nitrogen and oxygen atoms in total. The number of hydrogen-bond donors (Lipinski definition) is 0. The van der Waals surface area contributed by atoms with Crippen molar-refractivity contribution in [3.63, 3.8) is 0 Å². The molecule has 2 aromatic heterocycles. The number of aryl methyl sites for hydroxylation is 1. The van der Waals surface area contributed by atoms with Gasteiger partial charge in [0.15, 0.2) is 5.58 Å². The van der Waals surface area contributed by atoms with E-state index in [-0.39, 0.29) is 0 Å². The first-order valence-corrected chi connectivity index (χ1v) is 8.72. The first-order chi connectivity index (χ1) is 12.2. The molecule has 0 N–H and O–H groups in total. The Morgan fingerprint density at radius 2 is 2.04 bits per heavy atom. The highest BCUT2D eigenvalue weighted by Crippen LogP contribution is 2.23. The summed E-state index contributed by atoms with van der Waals surface area (Å²) in [6.07, 6.45) is 3.81. The van der Waals surface area contributed by atoms with Gasteiger partial charge in [-0.05, 0) is 49.8 Å². The van der Waals surface area contributed by atoms with E-state index in [2.05, 4.69) is 46.8 Å². The first-order valence-electron chi connectivity index (χ1n) is 8.72. The zero-order valence-electron chi connectivity index (χ0n) is 14.7. The summed E-state index contributed by atoms with van der Waals surface area (Å²) in [4.78, 5) is 9.34. The van der Waals surface area contributed by atoms with Crippen molar-refractivity contribution < 1.29 is 8.83 Å². The van der Waals surface area contributed by atoms with Crippen LogP contribution < -0.4 is 4.90 Å². The molecule has 1 aliphatic heterocycles. The van der Waals surface area contributed by atoms with Crippen molar-refractivity contribution in [2.75, 3.05) is 37.6 Å². The maximum Gasteiger partial charge on any atom is 0.298 e. The molecule has 1 aromatic carbocycles. The van der Waals surface area contributed by atoms with E-state index in [9.17, 15) is 0 Å². The van der Waals surface area contributed by atoms with Gasteiger partial charge in [-0.15, -0.1) is 0 Å².